The molecule has 6 rings (SSSR count). The second-order valence-corrected chi connectivity index (χ2v) is 7.90. The van der Waals surface area contributed by atoms with Crippen LogP contribution in [0.2, 0.25) is 0 Å². The smallest absolute Gasteiger partial charge is 0.00989 e. The highest BCUT2D eigenvalue weighted by molar-refractivity contribution is 6.17. The van der Waals surface area contributed by atoms with E-state index in [0.717, 1.165) is 0 Å². The van der Waals surface area contributed by atoms with Gasteiger partial charge in [-0.05, 0) is 103 Å². The van der Waals surface area contributed by atoms with Gasteiger partial charge >= 0.3 is 0 Å². The Morgan fingerprint density at radius 1 is 0.357 bits per heavy atom. The van der Waals surface area contributed by atoms with Gasteiger partial charge in [-0.25, -0.2) is 0 Å². The van der Waals surface area contributed by atoms with Crippen LogP contribution in [0, 0.1) is 13.8 Å². The Morgan fingerprint density at radius 3 is 1.46 bits per heavy atom. The monoisotopic (exact) mass is 356 g/mol. The number of hydrogen-bond donors (Lipinski definition) is 0. The fourth-order valence-electron chi connectivity index (χ4n) is 4.83. The number of rotatable bonds is 0. The molecule has 0 unspecified atom stereocenters. The minimum Gasteiger partial charge on any atom is -0.0616 e. The van der Waals surface area contributed by atoms with Gasteiger partial charge < -0.3 is 0 Å². The lowest BCUT2D eigenvalue weighted by atomic mass is 9.89. The molecule has 28 heavy (non-hydrogen) atoms. The molecule has 0 saturated carbocycles. The Kier molecular flexibility index (Phi) is 3.11. The van der Waals surface area contributed by atoms with Crippen LogP contribution >= 0.6 is 0 Å². The maximum atomic E-state index is 2.41. The molecule has 0 aliphatic heterocycles. The van der Waals surface area contributed by atoms with Crippen LogP contribution in [0.15, 0.2) is 84.9 Å². The molecule has 132 valence electrons. The first kappa shape index (κ1) is 15.7. The second-order valence-electron chi connectivity index (χ2n) is 7.90. The molecule has 0 amide bonds. The van der Waals surface area contributed by atoms with Crippen LogP contribution in [-0.4, -0.2) is 0 Å². The van der Waals surface area contributed by atoms with Gasteiger partial charge in [0.2, 0.25) is 0 Å². The van der Waals surface area contributed by atoms with Gasteiger partial charge in [0.15, 0.2) is 0 Å². The van der Waals surface area contributed by atoms with Crippen molar-refractivity contribution in [2.75, 3.05) is 0 Å². The van der Waals surface area contributed by atoms with E-state index in [4.69, 9.17) is 0 Å². The minimum atomic E-state index is 1.30. The van der Waals surface area contributed by atoms with Gasteiger partial charge in [-0.15, -0.1) is 0 Å². The quantitative estimate of drug-likeness (QED) is 0.191. The van der Waals surface area contributed by atoms with Crippen molar-refractivity contribution in [2.45, 2.75) is 13.8 Å². The summed E-state index contributed by atoms with van der Waals surface area (Å²) in [7, 11) is 0. The Bertz CT molecular complexity index is 1570. The lowest BCUT2D eigenvalue weighted by molar-refractivity contribution is 1.54. The predicted octanol–water partition coefficient (Wildman–Crippen LogP) is 8.07. The summed E-state index contributed by atoms with van der Waals surface area (Å²) in [6.07, 6.45) is 0. The molecule has 0 spiro atoms. The summed E-state index contributed by atoms with van der Waals surface area (Å²) in [5, 5.41) is 13.4. The van der Waals surface area contributed by atoms with Crippen molar-refractivity contribution in [3.63, 3.8) is 0 Å². The fraction of sp³-hybridized carbons (Fsp3) is 0.0714. The summed E-state index contributed by atoms with van der Waals surface area (Å²) < 4.78 is 0. The molecule has 6 aromatic rings. The van der Waals surface area contributed by atoms with Crippen molar-refractivity contribution in [1.82, 2.24) is 0 Å². The van der Waals surface area contributed by atoms with Crippen molar-refractivity contribution in [2.24, 2.45) is 0 Å². The zero-order chi connectivity index (χ0) is 18.8. The van der Waals surface area contributed by atoms with Crippen LogP contribution in [0.25, 0.3) is 53.9 Å². The predicted molar refractivity (Wildman–Crippen MR) is 123 cm³/mol. The molecule has 0 bridgehead atoms. The average molecular weight is 356 g/mol. The highest BCUT2D eigenvalue weighted by Crippen LogP contribution is 2.38. The van der Waals surface area contributed by atoms with E-state index >= 15 is 0 Å². The minimum absolute atomic E-state index is 1.30. The third-order valence-electron chi connectivity index (χ3n) is 6.38. The van der Waals surface area contributed by atoms with Gasteiger partial charge in [0.05, 0.1) is 0 Å². The first-order valence-electron chi connectivity index (χ1n) is 9.87. The molecule has 0 heteroatoms. The standard InChI is InChI=1S/C28H20/c1-17-24-13-20-8-3-4-9-21(20)14-25(24)18(2)27-16-28-22(15-26(17)27)12-11-19-7-5-6-10-23(19)28/h3-16H,1-2H3. The van der Waals surface area contributed by atoms with Crippen LogP contribution in [-0.2, 0) is 0 Å². The molecule has 0 aliphatic rings. The van der Waals surface area contributed by atoms with Gasteiger partial charge in [0.25, 0.3) is 0 Å². The fourth-order valence-corrected chi connectivity index (χ4v) is 4.83. The highest BCUT2D eigenvalue weighted by Gasteiger charge is 2.12. The number of benzene rings is 6. The highest BCUT2D eigenvalue weighted by atomic mass is 14.2. The van der Waals surface area contributed by atoms with Crippen LogP contribution in [0.4, 0.5) is 0 Å². The zero-order valence-corrected chi connectivity index (χ0v) is 16.1. The zero-order valence-electron chi connectivity index (χ0n) is 16.1. The normalized spacial score (nSPS) is 11.9. The van der Waals surface area contributed by atoms with E-state index in [2.05, 4.69) is 98.8 Å². The molecule has 0 N–H and O–H groups in total. The molecule has 0 radical (unpaired) electrons. The van der Waals surface area contributed by atoms with Crippen molar-refractivity contribution in [3.05, 3.63) is 96.1 Å². The molecule has 0 fully saturated rings. The molecule has 0 aliphatic carbocycles. The SMILES string of the molecule is Cc1c2cc3ccccc3cc2c(C)c2cc3c(ccc4ccccc43)cc12. The van der Waals surface area contributed by atoms with E-state index in [1.54, 1.807) is 0 Å². The summed E-state index contributed by atoms with van der Waals surface area (Å²) in [5.41, 5.74) is 2.74. The van der Waals surface area contributed by atoms with Gasteiger partial charge in [0.1, 0.15) is 0 Å². The first-order chi connectivity index (χ1) is 13.7. The van der Waals surface area contributed by atoms with E-state index in [1.807, 2.05) is 0 Å². The molecule has 0 nitrogen and oxygen atoms in total. The maximum absolute atomic E-state index is 2.41. The molecule has 0 aromatic heterocycles. The van der Waals surface area contributed by atoms with E-state index in [1.165, 1.54) is 65.0 Å². The maximum Gasteiger partial charge on any atom is -0.00989 e. The van der Waals surface area contributed by atoms with Crippen LogP contribution in [0.1, 0.15) is 11.1 Å². The van der Waals surface area contributed by atoms with Crippen molar-refractivity contribution in [1.29, 1.82) is 0 Å². The molecule has 0 saturated heterocycles. The summed E-state index contributed by atoms with van der Waals surface area (Å²) >= 11 is 0. The number of aryl methyl sites for hydroxylation is 2. The van der Waals surface area contributed by atoms with E-state index in [0.29, 0.717) is 0 Å². The van der Waals surface area contributed by atoms with Crippen molar-refractivity contribution in [3.8, 4) is 0 Å². The number of fused-ring (bicyclic) bond motifs is 6. The van der Waals surface area contributed by atoms with Crippen LogP contribution in [0.3, 0.4) is 0 Å². The number of hydrogen-bond acceptors (Lipinski definition) is 0. The van der Waals surface area contributed by atoms with E-state index < -0.39 is 0 Å². The van der Waals surface area contributed by atoms with Gasteiger partial charge in [-0.3, -0.25) is 0 Å². The first-order valence-corrected chi connectivity index (χ1v) is 9.87. The largest absolute Gasteiger partial charge is 0.0616 e. The molecular formula is C28H20. The van der Waals surface area contributed by atoms with Gasteiger partial charge in [-0.1, -0.05) is 60.7 Å². The average Bonchev–Trinajstić information content (AvgIpc) is 2.75. The Balaban J connectivity index is 1.84. The van der Waals surface area contributed by atoms with Crippen molar-refractivity contribution < 1.29 is 0 Å². The van der Waals surface area contributed by atoms with E-state index in [9.17, 15) is 0 Å². The third kappa shape index (κ3) is 2.06. The summed E-state index contributed by atoms with van der Waals surface area (Å²) in [5.74, 6) is 0. The Labute approximate surface area is 164 Å². The summed E-state index contributed by atoms with van der Waals surface area (Å²) in [6.45, 7) is 4.54. The van der Waals surface area contributed by atoms with Crippen molar-refractivity contribution >= 4 is 53.9 Å². The van der Waals surface area contributed by atoms with Crippen LogP contribution < -0.4 is 0 Å². The Morgan fingerprint density at radius 2 is 0.821 bits per heavy atom. The molecular weight excluding hydrogens is 336 g/mol. The Hall–Kier alpha value is -3.38. The molecule has 6 aromatic carbocycles. The van der Waals surface area contributed by atoms with Crippen LogP contribution in [0.5, 0.6) is 0 Å². The van der Waals surface area contributed by atoms with E-state index in [-0.39, 0.29) is 0 Å². The third-order valence-corrected chi connectivity index (χ3v) is 6.38. The lowest BCUT2D eigenvalue weighted by Gasteiger charge is -2.15. The molecule has 0 heterocycles. The van der Waals surface area contributed by atoms with Gasteiger partial charge in [-0.2, -0.15) is 0 Å². The lowest BCUT2D eigenvalue weighted by Crippen LogP contribution is -1.90. The summed E-state index contributed by atoms with van der Waals surface area (Å²) in [6, 6.07) is 31.4. The summed E-state index contributed by atoms with van der Waals surface area (Å²) in [4.78, 5) is 0. The van der Waals surface area contributed by atoms with Gasteiger partial charge in [0, 0.05) is 0 Å². The topological polar surface area (TPSA) is 0 Å². The second kappa shape index (κ2) is 5.56. The molecule has 0 atom stereocenters.